The Morgan fingerprint density at radius 1 is 1.00 bits per heavy atom. The highest BCUT2D eigenvalue weighted by Gasteiger charge is 2.17. The molecule has 1 fully saturated rings. The maximum absolute atomic E-state index is 4.56. The zero-order valence-electron chi connectivity index (χ0n) is 11.9. The quantitative estimate of drug-likeness (QED) is 0.783. The third-order valence-electron chi connectivity index (χ3n) is 4.29. The monoisotopic (exact) mass is 278 g/mol. The van der Waals surface area contributed by atoms with E-state index in [4.69, 9.17) is 0 Å². The fourth-order valence-electron chi connectivity index (χ4n) is 3.13. The molecule has 21 heavy (non-hydrogen) atoms. The van der Waals surface area contributed by atoms with Gasteiger partial charge in [0.15, 0.2) is 0 Å². The Morgan fingerprint density at radius 2 is 1.81 bits per heavy atom. The van der Waals surface area contributed by atoms with Crippen molar-refractivity contribution in [2.45, 2.75) is 18.9 Å². The number of imidazole rings is 1. The molecule has 2 aromatic heterocycles. The third-order valence-corrected chi connectivity index (χ3v) is 4.29. The maximum Gasteiger partial charge on any atom is 0.0960 e. The number of hydrogen-bond donors (Lipinski definition) is 1. The molecule has 106 valence electrons. The van der Waals surface area contributed by atoms with Crippen LogP contribution in [0.15, 0.2) is 49.1 Å². The average Bonchev–Trinajstić information content (AvgIpc) is 2.99. The number of fused-ring (bicyclic) bond motifs is 1. The predicted octanol–water partition coefficient (Wildman–Crippen LogP) is 3.02. The molecular weight excluding hydrogens is 260 g/mol. The zero-order valence-corrected chi connectivity index (χ0v) is 11.9. The SMILES string of the molecule is c1cc(-c2ccc3ncn(C4CCNCC4)c3c2)ccn1. The molecule has 4 nitrogen and oxygen atoms in total. The van der Waals surface area contributed by atoms with Crippen LogP contribution in [0.25, 0.3) is 22.2 Å². The number of nitrogens with zero attached hydrogens (tertiary/aromatic N) is 3. The normalized spacial score (nSPS) is 16.4. The number of aromatic nitrogens is 3. The molecule has 0 radical (unpaired) electrons. The minimum Gasteiger partial charge on any atom is -0.327 e. The lowest BCUT2D eigenvalue weighted by atomic mass is 10.0. The zero-order chi connectivity index (χ0) is 14.1. The summed E-state index contributed by atoms with van der Waals surface area (Å²) in [6, 6.07) is 11.2. The van der Waals surface area contributed by atoms with Crippen LogP contribution in [-0.2, 0) is 0 Å². The maximum atomic E-state index is 4.56. The summed E-state index contributed by atoms with van der Waals surface area (Å²) in [6.45, 7) is 2.18. The van der Waals surface area contributed by atoms with Crippen LogP contribution < -0.4 is 5.32 Å². The summed E-state index contributed by atoms with van der Waals surface area (Å²) in [5.41, 5.74) is 4.73. The first-order valence-corrected chi connectivity index (χ1v) is 7.49. The minimum atomic E-state index is 0.559. The van der Waals surface area contributed by atoms with Crippen molar-refractivity contribution in [1.29, 1.82) is 0 Å². The fourth-order valence-corrected chi connectivity index (χ4v) is 3.13. The number of pyridine rings is 1. The van der Waals surface area contributed by atoms with Gasteiger partial charge in [0.05, 0.1) is 17.4 Å². The van der Waals surface area contributed by atoms with Gasteiger partial charge >= 0.3 is 0 Å². The van der Waals surface area contributed by atoms with Gasteiger partial charge in [-0.1, -0.05) is 6.07 Å². The van der Waals surface area contributed by atoms with Crippen molar-refractivity contribution in [2.75, 3.05) is 13.1 Å². The van der Waals surface area contributed by atoms with Crippen LogP contribution in [-0.4, -0.2) is 27.6 Å². The van der Waals surface area contributed by atoms with Gasteiger partial charge in [-0.2, -0.15) is 0 Å². The van der Waals surface area contributed by atoms with Crippen LogP contribution >= 0.6 is 0 Å². The highest BCUT2D eigenvalue weighted by atomic mass is 15.1. The molecule has 1 aromatic carbocycles. The van der Waals surface area contributed by atoms with E-state index >= 15 is 0 Å². The minimum absolute atomic E-state index is 0.559. The van der Waals surface area contributed by atoms with Crippen LogP contribution in [0.1, 0.15) is 18.9 Å². The van der Waals surface area contributed by atoms with Crippen molar-refractivity contribution < 1.29 is 0 Å². The second-order valence-corrected chi connectivity index (χ2v) is 5.57. The van der Waals surface area contributed by atoms with Crippen molar-refractivity contribution in [2.24, 2.45) is 0 Å². The van der Waals surface area contributed by atoms with Crippen LogP contribution in [0.2, 0.25) is 0 Å². The van der Waals surface area contributed by atoms with Gasteiger partial charge in [-0.15, -0.1) is 0 Å². The average molecular weight is 278 g/mol. The van der Waals surface area contributed by atoms with Crippen LogP contribution in [0.4, 0.5) is 0 Å². The summed E-state index contributed by atoms with van der Waals surface area (Å²) in [6.07, 6.45) is 8.01. The van der Waals surface area contributed by atoms with Gasteiger partial charge < -0.3 is 9.88 Å². The summed E-state index contributed by atoms with van der Waals surface area (Å²) in [5.74, 6) is 0. The molecule has 0 spiro atoms. The molecule has 0 saturated carbocycles. The molecule has 1 N–H and O–H groups in total. The Balaban J connectivity index is 1.79. The predicted molar refractivity (Wildman–Crippen MR) is 84.1 cm³/mol. The van der Waals surface area contributed by atoms with Gasteiger partial charge in [0.1, 0.15) is 0 Å². The van der Waals surface area contributed by atoms with Gasteiger partial charge in [-0.25, -0.2) is 4.98 Å². The van der Waals surface area contributed by atoms with E-state index < -0.39 is 0 Å². The molecule has 1 aliphatic rings. The molecule has 0 unspecified atom stereocenters. The van der Waals surface area contributed by atoms with Gasteiger partial charge in [0.2, 0.25) is 0 Å². The Kier molecular flexibility index (Phi) is 3.16. The lowest BCUT2D eigenvalue weighted by molar-refractivity contribution is 0.375. The van der Waals surface area contributed by atoms with Crippen LogP contribution in [0, 0.1) is 0 Å². The molecule has 0 atom stereocenters. The standard InChI is InChI=1S/C17H18N4/c1-2-16-17(11-14(1)13-3-7-18-8-4-13)21(12-20-16)15-5-9-19-10-6-15/h1-4,7-8,11-12,15,19H,5-6,9-10H2. The second-order valence-electron chi connectivity index (χ2n) is 5.57. The van der Waals surface area contributed by atoms with E-state index in [0.717, 1.165) is 18.6 Å². The van der Waals surface area contributed by atoms with Gasteiger partial charge in [0.25, 0.3) is 0 Å². The highest BCUT2D eigenvalue weighted by Crippen LogP contribution is 2.28. The molecule has 0 aliphatic carbocycles. The first kappa shape index (κ1) is 12.5. The van der Waals surface area contributed by atoms with Crippen molar-refractivity contribution in [3.8, 4) is 11.1 Å². The smallest absolute Gasteiger partial charge is 0.0960 e. The summed E-state index contributed by atoms with van der Waals surface area (Å²) in [4.78, 5) is 8.65. The van der Waals surface area contributed by atoms with E-state index in [9.17, 15) is 0 Å². The molecular formula is C17H18N4. The largest absolute Gasteiger partial charge is 0.327 e. The Labute approximate surface area is 123 Å². The van der Waals surface area contributed by atoms with Crippen LogP contribution in [0.5, 0.6) is 0 Å². The van der Waals surface area contributed by atoms with Gasteiger partial charge in [0, 0.05) is 18.4 Å². The molecule has 0 bridgehead atoms. The summed E-state index contributed by atoms with van der Waals surface area (Å²) in [7, 11) is 0. The molecule has 1 saturated heterocycles. The molecule has 3 aromatic rings. The fraction of sp³-hybridized carbons (Fsp3) is 0.294. The van der Waals surface area contributed by atoms with E-state index in [-0.39, 0.29) is 0 Å². The van der Waals surface area contributed by atoms with Gasteiger partial charge in [-0.05, 0) is 61.3 Å². The Bertz CT molecular complexity index is 742. The van der Waals surface area contributed by atoms with Crippen molar-refractivity contribution in [1.82, 2.24) is 19.9 Å². The van der Waals surface area contributed by atoms with Crippen LogP contribution in [0.3, 0.4) is 0 Å². The topological polar surface area (TPSA) is 42.7 Å². The molecule has 0 amide bonds. The number of nitrogens with one attached hydrogen (secondary N) is 1. The third kappa shape index (κ3) is 2.32. The Morgan fingerprint density at radius 3 is 2.62 bits per heavy atom. The van der Waals surface area contributed by atoms with E-state index in [1.165, 1.54) is 29.5 Å². The summed E-state index contributed by atoms with van der Waals surface area (Å²) < 4.78 is 2.35. The van der Waals surface area contributed by atoms with E-state index in [2.05, 4.69) is 38.1 Å². The lowest BCUT2D eigenvalue weighted by Crippen LogP contribution is -2.29. The summed E-state index contributed by atoms with van der Waals surface area (Å²) >= 11 is 0. The van der Waals surface area contributed by atoms with E-state index in [0.29, 0.717) is 6.04 Å². The number of benzene rings is 1. The first-order chi connectivity index (χ1) is 10.4. The molecule has 4 rings (SSSR count). The number of rotatable bonds is 2. The summed E-state index contributed by atoms with van der Waals surface area (Å²) in [5, 5.41) is 3.42. The highest BCUT2D eigenvalue weighted by molar-refractivity contribution is 5.82. The van der Waals surface area contributed by atoms with Crippen molar-refractivity contribution in [3.63, 3.8) is 0 Å². The van der Waals surface area contributed by atoms with Crippen molar-refractivity contribution in [3.05, 3.63) is 49.1 Å². The van der Waals surface area contributed by atoms with E-state index in [1.807, 2.05) is 30.9 Å². The second kappa shape index (κ2) is 5.30. The first-order valence-electron chi connectivity index (χ1n) is 7.49. The molecule has 3 heterocycles. The van der Waals surface area contributed by atoms with Gasteiger partial charge in [-0.3, -0.25) is 4.98 Å². The number of hydrogen-bond acceptors (Lipinski definition) is 3. The Hall–Kier alpha value is -2.20. The number of piperidine rings is 1. The molecule has 1 aliphatic heterocycles. The lowest BCUT2D eigenvalue weighted by Gasteiger charge is -2.24. The van der Waals surface area contributed by atoms with Crippen molar-refractivity contribution >= 4 is 11.0 Å². The molecule has 4 heteroatoms. The van der Waals surface area contributed by atoms with E-state index in [1.54, 1.807) is 0 Å².